The van der Waals surface area contributed by atoms with E-state index in [1.807, 2.05) is 0 Å². The van der Waals surface area contributed by atoms with Gasteiger partial charge < -0.3 is 35.4 Å². The molecule has 0 spiro atoms. The summed E-state index contributed by atoms with van der Waals surface area (Å²) in [7, 11) is 0. The molecule has 2 aromatic rings. The molecule has 0 bridgehead atoms. The normalized spacial score (nSPS) is 23.2. The summed E-state index contributed by atoms with van der Waals surface area (Å²) in [4.78, 5) is 12.2. The minimum atomic E-state index is -2.57. The van der Waals surface area contributed by atoms with Gasteiger partial charge in [-0.2, -0.15) is 0 Å². The number of hydrogen-bond donors (Lipinski definition) is 6. The van der Waals surface area contributed by atoms with Gasteiger partial charge in [-0.15, -0.1) is 0 Å². The summed E-state index contributed by atoms with van der Waals surface area (Å²) in [5.41, 5.74) is -0.592. The Bertz CT molecular complexity index is 815. The predicted molar refractivity (Wildman–Crippen MR) is 74.4 cm³/mol. The molecule has 2 unspecified atom stereocenters. The molecular formula is C15H12O8. The number of carbonyl (C=O) groups excluding carboxylic acids is 1. The van der Waals surface area contributed by atoms with Crippen LogP contribution in [0.2, 0.25) is 0 Å². The topological polar surface area (TPSA) is 148 Å². The number of ether oxygens (including phenoxy) is 1. The quantitative estimate of drug-likeness (QED) is 0.411. The number of phenols is 4. The summed E-state index contributed by atoms with van der Waals surface area (Å²) in [5.74, 6) is -6.03. The first-order valence-corrected chi connectivity index (χ1v) is 6.46. The van der Waals surface area contributed by atoms with Crippen molar-refractivity contribution >= 4 is 5.78 Å². The lowest BCUT2D eigenvalue weighted by Crippen LogP contribution is -2.52. The fourth-order valence-electron chi connectivity index (χ4n) is 2.42. The van der Waals surface area contributed by atoms with E-state index in [0.717, 1.165) is 30.3 Å². The number of hydrogen-bond acceptors (Lipinski definition) is 8. The van der Waals surface area contributed by atoms with E-state index in [1.165, 1.54) is 0 Å². The minimum absolute atomic E-state index is 0.206. The molecule has 1 aliphatic rings. The molecule has 0 saturated carbocycles. The largest absolute Gasteiger partial charge is 0.508 e. The number of benzene rings is 2. The lowest BCUT2D eigenvalue weighted by atomic mass is 9.89. The van der Waals surface area contributed by atoms with E-state index in [2.05, 4.69) is 0 Å². The summed E-state index contributed by atoms with van der Waals surface area (Å²) in [6, 6.07) is 4.98. The molecule has 2 atom stereocenters. The molecule has 0 aromatic heterocycles. The van der Waals surface area contributed by atoms with Crippen LogP contribution in [0.15, 0.2) is 30.3 Å². The lowest BCUT2D eigenvalue weighted by molar-refractivity contribution is -0.204. The first-order valence-electron chi connectivity index (χ1n) is 6.46. The number of carbonyl (C=O) groups is 1. The van der Waals surface area contributed by atoms with Gasteiger partial charge in [-0.3, -0.25) is 4.79 Å². The first kappa shape index (κ1) is 14.9. The molecule has 0 aliphatic carbocycles. The van der Waals surface area contributed by atoms with Crippen LogP contribution in [0.25, 0.3) is 0 Å². The maximum absolute atomic E-state index is 12.2. The number of aliphatic hydroxyl groups excluding tert-OH is 1. The zero-order valence-corrected chi connectivity index (χ0v) is 11.5. The Morgan fingerprint density at radius 1 is 0.957 bits per heavy atom. The van der Waals surface area contributed by atoms with E-state index in [0.29, 0.717) is 0 Å². The van der Waals surface area contributed by atoms with Gasteiger partial charge >= 0.3 is 0 Å². The molecule has 0 fully saturated rings. The first-order chi connectivity index (χ1) is 10.7. The van der Waals surface area contributed by atoms with Crippen molar-refractivity contribution in [3.8, 4) is 28.7 Å². The zero-order chi connectivity index (χ0) is 16.9. The third-order valence-electron chi connectivity index (χ3n) is 3.59. The van der Waals surface area contributed by atoms with Gasteiger partial charge in [-0.25, -0.2) is 0 Å². The number of phenolic OH excluding ortho intramolecular Hbond substituents is 4. The van der Waals surface area contributed by atoms with Crippen LogP contribution in [0.1, 0.15) is 15.9 Å². The van der Waals surface area contributed by atoms with Crippen molar-refractivity contribution in [1.29, 1.82) is 0 Å². The van der Waals surface area contributed by atoms with Crippen molar-refractivity contribution in [3.63, 3.8) is 0 Å². The van der Waals surface area contributed by atoms with E-state index in [9.17, 15) is 35.4 Å². The molecule has 3 rings (SSSR count). The highest BCUT2D eigenvalue weighted by atomic mass is 16.6. The number of Topliss-reactive ketones (excluding diaryl/α,β-unsaturated/α-hetero) is 1. The van der Waals surface area contributed by atoms with Crippen LogP contribution < -0.4 is 4.74 Å². The van der Waals surface area contributed by atoms with Crippen LogP contribution in [-0.2, 0) is 5.79 Å². The van der Waals surface area contributed by atoms with Crippen LogP contribution >= 0.6 is 0 Å². The van der Waals surface area contributed by atoms with Crippen LogP contribution in [0.5, 0.6) is 28.7 Å². The monoisotopic (exact) mass is 320 g/mol. The van der Waals surface area contributed by atoms with E-state index in [-0.39, 0.29) is 16.9 Å². The van der Waals surface area contributed by atoms with Crippen molar-refractivity contribution in [3.05, 3.63) is 41.5 Å². The second-order valence-electron chi connectivity index (χ2n) is 5.11. The van der Waals surface area contributed by atoms with E-state index in [1.54, 1.807) is 0 Å². The third kappa shape index (κ3) is 2.12. The Morgan fingerprint density at radius 2 is 1.65 bits per heavy atom. The second-order valence-corrected chi connectivity index (χ2v) is 5.11. The second kappa shape index (κ2) is 4.77. The minimum Gasteiger partial charge on any atom is -0.508 e. The van der Waals surface area contributed by atoms with E-state index >= 15 is 0 Å². The van der Waals surface area contributed by atoms with E-state index in [4.69, 9.17) is 4.74 Å². The Morgan fingerprint density at radius 3 is 2.30 bits per heavy atom. The van der Waals surface area contributed by atoms with E-state index < -0.39 is 40.7 Å². The Kier molecular flexibility index (Phi) is 3.10. The number of ketones is 1. The summed E-state index contributed by atoms with van der Waals surface area (Å²) < 4.78 is 5.22. The molecule has 0 radical (unpaired) electrons. The highest BCUT2D eigenvalue weighted by Crippen LogP contribution is 2.44. The molecule has 23 heavy (non-hydrogen) atoms. The molecule has 2 aromatic carbocycles. The van der Waals surface area contributed by atoms with Gasteiger partial charge in [0.25, 0.3) is 5.79 Å². The maximum Gasteiger partial charge on any atom is 0.268 e. The summed E-state index contributed by atoms with van der Waals surface area (Å²) in [6.07, 6.45) is -2.10. The molecule has 0 saturated heterocycles. The summed E-state index contributed by atoms with van der Waals surface area (Å²) >= 11 is 0. The number of aromatic hydroxyl groups is 4. The Balaban J connectivity index is 2.17. The van der Waals surface area contributed by atoms with Gasteiger partial charge in [0.1, 0.15) is 22.8 Å². The third-order valence-corrected chi connectivity index (χ3v) is 3.59. The van der Waals surface area contributed by atoms with Gasteiger partial charge in [0, 0.05) is 17.7 Å². The molecule has 1 heterocycles. The Labute approximate surface area is 129 Å². The average Bonchev–Trinajstić information content (AvgIpc) is 2.46. The standard InChI is InChI=1S/C15H12O8/c16-7-4-10(19)12-11(5-7)23-15(22,14(21)13(12)20)6-1-2-8(17)9(18)3-6/h1-5,14,16-19,21-22H. The van der Waals surface area contributed by atoms with Gasteiger partial charge in [0.15, 0.2) is 17.6 Å². The van der Waals surface area contributed by atoms with Crippen molar-refractivity contribution in [2.45, 2.75) is 11.9 Å². The smallest absolute Gasteiger partial charge is 0.268 e. The van der Waals surface area contributed by atoms with Crippen molar-refractivity contribution < 1.29 is 40.2 Å². The van der Waals surface area contributed by atoms with Crippen LogP contribution in [-0.4, -0.2) is 42.5 Å². The molecule has 8 nitrogen and oxygen atoms in total. The van der Waals surface area contributed by atoms with Gasteiger partial charge in [0.2, 0.25) is 5.78 Å². The van der Waals surface area contributed by atoms with Crippen LogP contribution in [0, 0.1) is 0 Å². The van der Waals surface area contributed by atoms with Gasteiger partial charge in [-0.05, 0) is 18.2 Å². The summed E-state index contributed by atoms with van der Waals surface area (Å²) in [5, 5.41) is 58.7. The number of fused-ring (bicyclic) bond motifs is 1. The lowest BCUT2D eigenvalue weighted by Gasteiger charge is -2.37. The number of aliphatic hydroxyl groups is 2. The van der Waals surface area contributed by atoms with Crippen LogP contribution in [0.4, 0.5) is 0 Å². The highest BCUT2D eigenvalue weighted by Gasteiger charge is 2.50. The zero-order valence-electron chi connectivity index (χ0n) is 11.5. The molecule has 120 valence electrons. The maximum atomic E-state index is 12.2. The molecule has 8 heteroatoms. The highest BCUT2D eigenvalue weighted by molar-refractivity contribution is 6.06. The fourth-order valence-corrected chi connectivity index (χ4v) is 2.42. The molecule has 0 amide bonds. The van der Waals surface area contributed by atoms with Crippen LogP contribution in [0.3, 0.4) is 0 Å². The van der Waals surface area contributed by atoms with Crippen molar-refractivity contribution in [2.75, 3.05) is 0 Å². The molecule has 1 aliphatic heterocycles. The SMILES string of the molecule is O=C1c2c(O)cc(O)cc2OC(O)(c2ccc(O)c(O)c2)C1O. The predicted octanol–water partition coefficient (Wildman–Crippen LogP) is 0.290. The van der Waals surface area contributed by atoms with Gasteiger partial charge in [-0.1, -0.05) is 0 Å². The average molecular weight is 320 g/mol. The number of rotatable bonds is 1. The summed E-state index contributed by atoms with van der Waals surface area (Å²) in [6.45, 7) is 0. The molecule has 6 N–H and O–H groups in total. The molecular weight excluding hydrogens is 308 g/mol. The van der Waals surface area contributed by atoms with Gasteiger partial charge in [0.05, 0.1) is 0 Å². The Hall–Kier alpha value is -2.97. The fraction of sp³-hybridized carbons (Fsp3) is 0.133. The van der Waals surface area contributed by atoms with Crippen molar-refractivity contribution in [1.82, 2.24) is 0 Å². The van der Waals surface area contributed by atoms with Crippen molar-refractivity contribution in [2.24, 2.45) is 0 Å².